The summed E-state index contributed by atoms with van der Waals surface area (Å²) in [6, 6.07) is 14.4. The van der Waals surface area contributed by atoms with Crippen molar-refractivity contribution in [3.63, 3.8) is 0 Å². The summed E-state index contributed by atoms with van der Waals surface area (Å²) in [5.74, 6) is 2.47. The first-order chi connectivity index (χ1) is 17.4. The summed E-state index contributed by atoms with van der Waals surface area (Å²) in [5.41, 5.74) is 9.22. The minimum Gasteiger partial charge on any atom is -0.496 e. The summed E-state index contributed by atoms with van der Waals surface area (Å²) in [5, 5.41) is 6.11. The lowest BCUT2D eigenvalue weighted by Crippen LogP contribution is -2.09. The van der Waals surface area contributed by atoms with Gasteiger partial charge in [0.2, 0.25) is 11.7 Å². The Kier molecular flexibility index (Phi) is 8.88. The Hall–Kier alpha value is -4.53. The van der Waals surface area contributed by atoms with Crippen molar-refractivity contribution in [2.24, 2.45) is 0 Å². The highest BCUT2D eigenvalue weighted by Crippen LogP contribution is 2.40. The number of ether oxygens (including phenoxy) is 5. The van der Waals surface area contributed by atoms with E-state index in [0.29, 0.717) is 46.7 Å². The molecule has 0 saturated heterocycles. The smallest absolute Gasteiger partial charge is 0.248 e. The number of nitrogen functional groups attached to an aromatic ring is 1. The number of methoxy groups -OCH3 is 5. The fourth-order valence-corrected chi connectivity index (χ4v) is 3.61. The highest BCUT2D eigenvalue weighted by atomic mass is 16.5. The van der Waals surface area contributed by atoms with Crippen LogP contribution >= 0.6 is 0 Å². The van der Waals surface area contributed by atoms with Crippen molar-refractivity contribution < 1.29 is 28.5 Å². The highest BCUT2D eigenvalue weighted by molar-refractivity contribution is 6.03. The Bertz CT molecular complexity index is 1190. The first-order valence-electron chi connectivity index (χ1n) is 11.1. The SMILES string of the molecule is COc1cc(/C=C\C(=O)Nc2ccccc2N)cc(OC)c1CNc1cc(OC)c(OC)c(OC)c1. The fourth-order valence-electron chi connectivity index (χ4n) is 3.61. The topological polar surface area (TPSA) is 113 Å². The third kappa shape index (κ3) is 6.12. The quantitative estimate of drug-likeness (QED) is 0.263. The molecule has 3 rings (SSSR count). The van der Waals surface area contributed by atoms with Gasteiger partial charge in [-0.15, -0.1) is 0 Å². The highest BCUT2D eigenvalue weighted by Gasteiger charge is 2.16. The van der Waals surface area contributed by atoms with Crippen molar-refractivity contribution in [2.75, 3.05) is 51.9 Å². The van der Waals surface area contributed by atoms with E-state index in [1.807, 2.05) is 24.3 Å². The van der Waals surface area contributed by atoms with E-state index >= 15 is 0 Å². The number of nitrogens with two attached hydrogens (primary N) is 1. The molecule has 0 saturated carbocycles. The molecule has 0 aliphatic rings. The van der Waals surface area contributed by atoms with Crippen LogP contribution in [-0.2, 0) is 11.3 Å². The van der Waals surface area contributed by atoms with Gasteiger partial charge in [0, 0.05) is 30.4 Å². The van der Waals surface area contributed by atoms with Crippen molar-refractivity contribution >= 4 is 29.0 Å². The van der Waals surface area contributed by atoms with Crippen LogP contribution in [0.3, 0.4) is 0 Å². The average Bonchev–Trinajstić information content (AvgIpc) is 2.90. The maximum Gasteiger partial charge on any atom is 0.248 e. The van der Waals surface area contributed by atoms with Crippen LogP contribution in [0.25, 0.3) is 6.08 Å². The molecule has 0 unspecified atom stereocenters. The molecule has 1 amide bonds. The molecule has 0 heterocycles. The monoisotopic (exact) mass is 493 g/mol. The van der Waals surface area contributed by atoms with Crippen LogP contribution in [0, 0.1) is 0 Å². The van der Waals surface area contributed by atoms with Crippen LogP contribution in [0.4, 0.5) is 17.1 Å². The van der Waals surface area contributed by atoms with Crippen molar-refractivity contribution in [1.29, 1.82) is 0 Å². The lowest BCUT2D eigenvalue weighted by molar-refractivity contribution is -0.111. The van der Waals surface area contributed by atoms with E-state index in [9.17, 15) is 4.79 Å². The standard InChI is InChI=1S/C27H31N3O6/c1-32-22-12-17(10-11-26(31)30-21-9-7-6-8-20(21)28)13-23(33-2)19(22)16-29-18-14-24(34-3)27(36-5)25(15-18)35-4/h6-15,29H,16,28H2,1-5H3,(H,30,31)/b11-10-. The number of anilines is 3. The molecule has 3 aromatic rings. The molecular weight excluding hydrogens is 462 g/mol. The Morgan fingerprint density at radius 2 is 1.42 bits per heavy atom. The van der Waals surface area contributed by atoms with E-state index in [1.165, 1.54) is 6.08 Å². The van der Waals surface area contributed by atoms with Gasteiger partial charge in [-0.25, -0.2) is 0 Å². The van der Waals surface area contributed by atoms with Crippen LogP contribution in [-0.4, -0.2) is 41.5 Å². The summed E-state index contributed by atoms with van der Waals surface area (Å²) in [6.07, 6.45) is 3.10. The van der Waals surface area contributed by atoms with Crippen molar-refractivity contribution in [3.05, 3.63) is 65.7 Å². The number of para-hydroxylation sites is 2. The zero-order valence-corrected chi connectivity index (χ0v) is 21.0. The van der Waals surface area contributed by atoms with E-state index in [1.54, 1.807) is 65.9 Å². The molecule has 190 valence electrons. The van der Waals surface area contributed by atoms with Gasteiger partial charge in [-0.1, -0.05) is 12.1 Å². The van der Waals surface area contributed by atoms with E-state index in [-0.39, 0.29) is 5.91 Å². The third-order valence-electron chi connectivity index (χ3n) is 5.41. The van der Waals surface area contributed by atoms with E-state index < -0.39 is 0 Å². The summed E-state index contributed by atoms with van der Waals surface area (Å²) in [7, 11) is 7.84. The van der Waals surface area contributed by atoms with Gasteiger partial charge >= 0.3 is 0 Å². The van der Waals surface area contributed by atoms with Crippen molar-refractivity contribution in [2.45, 2.75) is 6.54 Å². The second-order valence-electron chi connectivity index (χ2n) is 7.58. The zero-order chi connectivity index (χ0) is 26.1. The number of hydrogen-bond donors (Lipinski definition) is 3. The zero-order valence-electron chi connectivity index (χ0n) is 21.0. The lowest BCUT2D eigenvalue weighted by atomic mass is 10.1. The van der Waals surface area contributed by atoms with Crippen LogP contribution in [0.15, 0.2) is 54.6 Å². The molecule has 0 fully saturated rings. The Balaban J connectivity index is 1.81. The molecule has 0 aliphatic carbocycles. The molecule has 0 bridgehead atoms. The molecule has 0 aliphatic heterocycles. The number of carbonyl (C=O) groups excluding carboxylic acids is 1. The number of benzene rings is 3. The second-order valence-corrected chi connectivity index (χ2v) is 7.58. The van der Waals surface area contributed by atoms with Crippen molar-refractivity contribution in [3.8, 4) is 28.7 Å². The molecule has 0 atom stereocenters. The molecule has 9 nitrogen and oxygen atoms in total. The Labute approximate surface area is 210 Å². The predicted molar refractivity (Wildman–Crippen MR) is 141 cm³/mol. The molecule has 9 heteroatoms. The molecule has 0 radical (unpaired) electrons. The summed E-state index contributed by atoms with van der Waals surface area (Å²) < 4.78 is 27.5. The summed E-state index contributed by atoms with van der Waals surface area (Å²) in [6.45, 7) is 0.392. The van der Waals surface area contributed by atoms with E-state index in [0.717, 1.165) is 16.8 Å². The molecule has 0 spiro atoms. The number of hydrogen-bond acceptors (Lipinski definition) is 8. The number of rotatable bonds is 11. The maximum atomic E-state index is 12.4. The Morgan fingerprint density at radius 3 is 1.94 bits per heavy atom. The van der Waals surface area contributed by atoms with Gasteiger partial charge in [0.05, 0.1) is 52.5 Å². The minimum atomic E-state index is -0.307. The first kappa shape index (κ1) is 26.1. The number of carbonyl (C=O) groups is 1. The Morgan fingerprint density at radius 1 is 0.833 bits per heavy atom. The third-order valence-corrected chi connectivity index (χ3v) is 5.41. The fraction of sp³-hybridized carbons (Fsp3) is 0.222. The van der Waals surface area contributed by atoms with Gasteiger partial charge in [-0.05, 0) is 35.9 Å². The summed E-state index contributed by atoms with van der Waals surface area (Å²) in [4.78, 5) is 12.4. The lowest BCUT2D eigenvalue weighted by Gasteiger charge is -2.18. The largest absolute Gasteiger partial charge is 0.496 e. The van der Waals surface area contributed by atoms with E-state index in [4.69, 9.17) is 29.4 Å². The molecule has 4 N–H and O–H groups in total. The van der Waals surface area contributed by atoms with Crippen LogP contribution in [0.5, 0.6) is 28.7 Å². The van der Waals surface area contributed by atoms with Gasteiger partial charge in [-0.3, -0.25) is 4.79 Å². The van der Waals surface area contributed by atoms with Crippen LogP contribution < -0.4 is 40.1 Å². The predicted octanol–water partition coefficient (Wildman–Crippen LogP) is 4.58. The normalized spacial score (nSPS) is 10.6. The minimum absolute atomic E-state index is 0.307. The summed E-state index contributed by atoms with van der Waals surface area (Å²) >= 11 is 0. The maximum absolute atomic E-state index is 12.4. The van der Waals surface area contributed by atoms with Gasteiger partial charge in [0.1, 0.15) is 11.5 Å². The van der Waals surface area contributed by atoms with Gasteiger partial charge in [0.15, 0.2) is 11.5 Å². The van der Waals surface area contributed by atoms with Crippen LogP contribution in [0.2, 0.25) is 0 Å². The first-order valence-corrected chi connectivity index (χ1v) is 11.1. The molecule has 36 heavy (non-hydrogen) atoms. The van der Waals surface area contributed by atoms with Crippen LogP contribution in [0.1, 0.15) is 11.1 Å². The molecular formula is C27H31N3O6. The average molecular weight is 494 g/mol. The van der Waals surface area contributed by atoms with Gasteiger partial charge < -0.3 is 40.1 Å². The van der Waals surface area contributed by atoms with Gasteiger partial charge in [0.25, 0.3) is 0 Å². The number of amides is 1. The molecule has 3 aromatic carbocycles. The van der Waals surface area contributed by atoms with E-state index in [2.05, 4.69) is 10.6 Å². The number of nitrogens with one attached hydrogen (secondary N) is 2. The molecule has 0 aromatic heterocycles. The second kappa shape index (κ2) is 12.3. The van der Waals surface area contributed by atoms with Gasteiger partial charge in [-0.2, -0.15) is 0 Å². The van der Waals surface area contributed by atoms with Crippen molar-refractivity contribution in [1.82, 2.24) is 0 Å².